The summed E-state index contributed by atoms with van der Waals surface area (Å²) in [5.41, 5.74) is 0.377. The standard InChI is InChI=1S/C22H25N5O6/c1-13-5-7-14(8-6-13)25-21(24-12-23)26-18-16-11-15(27(29)30)9-10-17(16)33-22(2,19(18)28)20(31-3)32-4/h5-11,18-20,28H,1-4H3,(H2,24,25,26)/t18-,19+,22-/m1/s1. The number of non-ortho nitro benzene ring substituents is 1. The molecule has 0 fully saturated rings. The van der Waals surface area contributed by atoms with Crippen molar-refractivity contribution in [1.82, 2.24) is 5.32 Å². The first kappa shape index (κ1) is 23.9. The molecular formula is C22H25N5O6. The van der Waals surface area contributed by atoms with Crippen LogP contribution in [0.25, 0.3) is 0 Å². The maximum absolute atomic E-state index is 11.4. The van der Waals surface area contributed by atoms with E-state index in [9.17, 15) is 20.5 Å². The molecule has 0 saturated heterocycles. The molecule has 3 N–H and O–H groups in total. The van der Waals surface area contributed by atoms with Gasteiger partial charge in [-0.2, -0.15) is 5.26 Å². The molecule has 0 amide bonds. The normalized spacial score (nSPS) is 22.2. The molecule has 0 aliphatic carbocycles. The van der Waals surface area contributed by atoms with E-state index in [-0.39, 0.29) is 23.0 Å². The first-order chi connectivity index (χ1) is 15.7. The van der Waals surface area contributed by atoms with Gasteiger partial charge in [0.2, 0.25) is 5.96 Å². The van der Waals surface area contributed by atoms with Crippen molar-refractivity contribution in [3.05, 3.63) is 63.7 Å². The van der Waals surface area contributed by atoms with E-state index in [0.717, 1.165) is 5.56 Å². The molecule has 0 spiro atoms. The lowest BCUT2D eigenvalue weighted by molar-refractivity contribution is -0.385. The van der Waals surface area contributed by atoms with Crippen LogP contribution in [0.4, 0.5) is 11.4 Å². The minimum atomic E-state index is -1.41. The quantitative estimate of drug-likeness (QED) is 0.113. The number of anilines is 1. The van der Waals surface area contributed by atoms with Crippen molar-refractivity contribution >= 4 is 17.3 Å². The lowest BCUT2D eigenvalue weighted by Crippen LogP contribution is -2.59. The monoisotopic (exact) mass is 455 g/mol. The lowest BCUT2D eigenvalue weighted by atomic mass is 9.84. The summed E-state index contributed by atoms with van der Waals surface area (Å²) in [7, 11) is 2.81. The number of ether oxygens (including phenoxy) is 3. The molecule has 0 saturated carbocycles. The zero-order valence-corrected chi connectivity index (χ0v) is 18.6. The van der Waals surface area contributed by atoms with Crippen LogP contribution in [0, 0.1) is 28.5 Å². The van der Waals surface area contributed by atoms with Crippen molar-refractivity contribution in [3.8, 4) is 11.9 Å². The summed E-state index contributed by atoms with van der Waals surface area (Å²) in [6.07, 6.45) is -0.526. The van der Waals surface area contributed by atoms with Crippen LogP contribution in [-0.4, -0.2) is 48.2 Å². The molecule has 11 heteroatoms. The van der Waals surface area contributed by atoms with Gasteiger partial charge in [0.25, 0.3) is 5.69 Å². The van der Waals surface area contributed by atoms with Gasteiger partial charge in [-0.05, 0) is 32.0 Å². The van der Waals surface area contributed by atoms with Crippen molar-refractivity contribution in [2.75, 3.05) is 19.5 Å². The van der Waals surface area contributed by atoms with E-state index in [1.165, 1.54) is 32.4 Å². The van der Waals surface area contributed by atoms with Crippen LogP contribution in [0.2, 0.25) is 0 Å². The molecule has 3 atom stereocenters. The van der Waals surface area contributed by atoms with Crippen LogP contribution >= 0.6 is 0 Å². The second kappa shape index (κ2) is 9.83. The van der Waals surface area contributed by atoms with Gasteiger partial charge in [0.1, 0.15) is 17.9 Å². The first-order valence-corrected chi connectivity index (χ1v) is 10.0. The Morgan fingerprint density at radius 1 is 1.30 bits per heavy atom. The summed E-state index contributed by atoms with van der Waals surface area (Å²) in [5, 5.41) is 37.4. The van der Waals surface area contributed by atoms with Crippen molar-refractivity contribution in [2.24, 2.45) is 4.99 Å². The molecule has 0 unspecified atom stereocenters. The minimum Gasteiger partial charge on any atom is -0.479 e. The van der Waals surface area contributed by atoms with E-state index in [4.69, 9.17) is 14.2 Å². The summed E-state index contributed by atoms with van der Waals surface area (Å²) in [4.78, 5) is 15.3. The highest BCUT2D eigenvalue weighted by Crippen LogP contribution is 2.45. The van der Waals surface area contributed by atoms with Gasteiger partial charge < -0.3 is 24.6 Å². The van der Waals surface area contributed by atoms with E-state index in [1.54, 1.807) is 19.1 Å². The molecule has 0 radical (unpaired) electrons. The summed E-state index contributed by atoms with van der Waals surface area (Å²) in [6.45, 7) is 3.53. The SMILES string of the molecule is COC(OC)[C@]1(C)Oc2ccc([N+](=O)[O-])cc2[C@@H](N=C(NC#N)Nc2ccc(C)cc2)[C@@H]1O. The number of nitrogens with zero attached hydrogens (tertiary/aromatic N) is 3. The molecule has 1 aliphatic rings. The molecule has 33 heavy (non-hydrogen) atoms. The predicted molar refractivity (Wildman–Crippen MR) is 120 cm³/mol. The van der Waals surface area contributed by atoms with Crippen LogP contribution in [-0.2, 0) is 9.47 Å². The van der Waals surface area contributed by atoms with Gasteiger partial charge in [-0.25, -0.2) is 4.99 Å². The molecule has 3 rings (SSSR count). The molecule has 2 aromatic carbocycles. The average Bonchev–Trinajstić information content (AvgIpc) is 2.79. The Bertz CT molecular complexity index is 1080. The summed E-state index contributed by atoms with van der Waals surface area (Å²) < 4.78 is 16.7. The smallest absolute Gasteiger partial charge is 0.270 e. The fourth-order valence-electron chi connectivity index (χ4n) is 3.71. The highest BCUT2D eigenvalue weighted by atomic mass is 16.7. The minimum absolute atomic E-state index is 0.0403. The van der Waals surface area contributed by atoms with Gasteiger partial charge in [-0.3, -0.25) is 15.4 Å². The highest BCUT2D eigenvalue weighted by molar-refractivity contribution is 5.94. The predicted octanol–water partition coefficient (Wildman–Crippen LogP) is 2.61. The number of aliphatic hydroxyl groups excluding tert-OH is 1. The number of nitro benzene ring substituents is 1. The molecule has 1 heterocycles. The Morgan fingerprint density at radius 3 is 2.55 bits per heavy atom. The number of hydrogen-bond acceptors (Lipinski definition) is 8. The summed E-state index contributed by atoms with van der Waals surface area (Å²) in [5.74, 6) is 0.311. The van der Waals surface area contributed by atoms with Gasteiger partial charge in [0.05, 0.1) is 4.92 Å². The van der Waals surface area contributed by atoms with Crippen molar-refractivity contribution < 1.29 is 24.2 Å². The zero-order valence-electron chi connectivity index (χ0n) is 18.6. The fraction of sp³-hybridized carbons (Fsp3) is 0.364. The Labute approximate surface area is 190 Å². The van der Waals surface area contributed by atoms with Gasteiger partial charge in [-0.15, -0.1) is 0 Å². The number of fused-ring (bicyclic) bond motifs is 1. The largest absolute Gasteiger partial charge is 0.479 e. The van der Waals surface area contributed by atoms with E-state index in [2.05, 4.69) is 15.6 Å². The molecule has 174 valence electrons. The van der Waals surface area contributed by atoms with Crippen LogP contribution < -0.4 is 15.4 Å². The number of aliphatic imine (C=N–C) groups is 1. The number of aryl methyl sites for hydroxylation is 1. The Balaban J connectivity index is 2.12. The van der Waals surface area contributed by atoms with Gasteiger partial charge in [-0.1, -0.05) is 17.7 Å². The third kappa shape index (κ3) is 4.88. The number of aliphatic hydroxyl groups is 1. The van der Waals surface area contributed by atoms with Crippen molar-refractivity contribution in [1.29, 1.82) is 5.26 Å². The van der Waals surface area contributed by atoms with Gasteiger partial charge >= 0.3 is 0 Å². The lowest BCUT2D eigenvalue weighted by Gasteiger charge is -2.45. The first-order valence-electron chi connectivity index (χ1n) is 10.0. The van der Waals surface area contributed by atoms with Crippen LogP contribution in [0.3, 0.4) is 0 Å². The number of hydrogen-bond donors (Lipinski definition) is 3. The zero-order chi connectivity index (χ0) is 24.2. The van der Waals surface area contributed by atoms with Crippen LogP contribution in [0.15, 0.2) is 47.5 Å². The number of guanidine groups is 1. The molecule has 0 aromatic heterocycles. The highest BCUT2D eigenvalue weighted by Gasteiger charge is 2.52. The van der Waals surface area contributed by atoms with Crippen molar-refractivity contribution in [2.45, 2.75) is 37.9 Å². The van der Waals surface area contributed by atoms with E-state index in [1.807, 2.05) is 25.2 Å². The Kier molecular flexibility index (Phi) is 7.13. The van der Waals surface area contributed by atoms with Gasteiger partial charge in [0, 0.05) is 37.6 Å². The molecule has 11 nitrogen and oxygen atoms in total. The topological polar surface area (TPSA) is 151 Å². The van der Waals surface area contributed by atoms with Gasteiger partial charge in [0.15, 0.2) is 18.1 Å². The number of nitriles is 1. The number of methoxy groups -OCH3 is 2. The number of nitro groups is 1. The molecular weight excluding hydrogens is 430 g/mol. The van der Waals surface area contributed by atoms with E-state index < -0.39 is 29.0 Å². The second-order valence-corrected chi connectivity index (χ2v) is 7.66. The van der Waals surface area contributed by atoms with Crippen LogP contribution in [0.5, 0.6) is 5.75 Å². The second-order valence-electron chi connectivity index (χ2n) is 7.66. The third-order valence-corrected chi connectivity index (χ3v) is 5.39. The maximum Gasteiger partial charge on any atom is 0.270 e. The third-order valence-electron chi connectivity index (χ3n) is 5.39. The fourth-order valence-corrected chi connectivity index (χ4v) is 3.71. The number of benzene rings is 2. The summed E-state index contributed by atoms with van der Waals surface area (Å²) in [6, 6.07) is 10.3. The van der Waals surface area contributed by atoms with E-state index in [0.29, 0.717) is 5.69 Å². The maximum atomic E-state index is 11.4. The molecule has 1 aliphatic heterocycles. The molecule has 0 bridgehead atoms. The van der Waals surface area contributed by atoms with E-state index >= 15 is 0 Å². The average molecular weight is 455 g/mol. The van der Waals surface area contributed by atoms with Crippen molar-refractivity contribution in [3.63, 3.8) is 0 Å². The number of nitrogens with one attached hydrogen (secondary N) is 2. The Morgan fingerprint density at radius 2 is 1.97 bits per heavy atom. The van der Waals surface area contributed by atoms with Crippen LogP contribution in [0.1, 0.15) is 24.1 Å². The summed E-state index contributed by atoms with van der Waals surface area (Å²) >= 11 is 0. The Hall–Kier alpha value is -3.72. The number of rotatable bonds is 6. The molecule has 2 aromatic rings.